The van der Waals surface area contributed by atoms with E-state index in [4.69, 9.17) is 30.0 Å². The molecule has 2 saturated heterocycles. The Kier molecular flexibility index (Phi) is 7.88. The molecule has 17 heteroatoms. The van der Waals surface area contributed by atoms with Gasteiger partial charge in [-0.1, -0.05) is 0 Å². The normalized spacial score (nSPS) is 30.4. The Balaban J connectivity index is 1.36. The Morgan fingerprint density at radius 3 is 2.14 bits per heavy atom. The number of rotatable bonds is 8. The van der Waals surface area contributed by atoms with E-state index < -0.39 is 61.0 Å². The van der Waals surface area contributed by atoms with Gasteiger partial charge < -0.3 is 0 Å². The number of aromatic nitrogens is 4. The van der Waals surface area contributed by atoms with E-state index in [2.05, 4.69) is 25.1 Å². The van der Waals surface area contributed by atoms with Gasteiger partial charge in [0.05, 0.1) is 0 Å². The quantitative estimate of drug-likeness (QED) is 0.166. The van der Waals surface area contributed by atoms with Crippen molar-refractivity contribution in [3.8, 4) is 0 Å². The molecule has 1 unspecified atom stereocenters. The van der Waals surface area contributed by atoms with Crippen molar-refractivity contribution in [1.82, 2.24) is 19.1 Å². The van der Waals surface area contributed by atoms with Crippen LogP contribution in [0.3, 0.4) is 0 Å². The second-order valence-electron chi connectivity index (χ2n) is 7.97. The first-order valence-electron chi connectivity index (χ1n) is 10.5. The molecule has 192 valence electrons. The van der Waals surface area contributed by atoms with Crippen LogP contribution >= 0.6 is 6.19 Å². The Labute approximate surface area is 205 Å². The Morgan fingerprint density at radius 2 is 1.60 bits per heavy atom. The molecule has 0 aromatic carbocycles. The van der Waals surface area contributed by atoms with Crippen molar-refractivity contribution in [2.45, 2.75) is 49.7 Å². The molecule has 2 aromatic rings. The minimum atomic E-state index is -3.59. The van der Waals surface area contributed by atoms with Crippen molar-refractivity contribution in [2.24, 2.45) is 0 Å². The van der Waals surface area contributed by atoms with Crippen molar-refractivity contribution >= 4 is 32.9 Å². The van der Waals surface area contributed by atoms with Crippen LogP contribution in [-0.2, 0) is 18.5 Å². The summed E-state index contributed by atoms with van der Waals surface area (Å²) in [6.07, 6.45) is -5.67. The molecule has 7 N–H and O–H groups in total. The van der Waals surface area contributed by atoms with Crippen LogP contribution in [0, 0.1) is 0 Å². The Hall–Kier alpha value is -1.97. The first-order valence-corrected chi connectivity index (χ1v) is 14.3. The van der Waals surface area contributed by atoms with Crippen LogP contribution in [0.4, 0.5) is 11.6 Å². The molecule has 15 nitrogen and oxygen atoms in total. The number of aliphatic hydroxyl groups excluding tert-OH is 2. The number of aliphatic hydroxyl groups is 2. The van der Waals surface area contributed by atoms with Gasteiger partial charge in [-0.3, -0.25) is 0 Å². The molecule has 0 aliphatic carbocycles. The summed E-state index contributed by atoms with van der Waals surface area (Å²) in [6, 6.07) is 2.87. The molecule has 7 atom stereocenters. The molecular weight excluding hydrogens is 554 g/mol. The van der Waals surface area contributed by atoms with Gasteiger partial charge in [-0.2, -0.15) is 0 Å². The number of ether oxygens (including phenoxy) is 2. The van der Waals surface area contributed by atoms with Crippen LogP contribution in [0.2, 0.25) is 0 Å². The van der Waals surface area contributed by atoms with Gasteiger partial charge in [0.25, 0.3) is 0 Å². The number of anilines is 2. The number of hydrogen-bond acceptors (Lipinski definition) is 13. The molecule has 4 heterocycles. The Bertz CT molecular complexity index is 1230. The van der Waals surface area contributed by atoms with Gasteiger partial charge in [0.1, 0.15) is 0 Å². The fraction of sp³-hybridized carbons (Fsp3) is 0.556. The summed E-state index contributed by atoms with van der Waals surface area (Å²) in [5, 5.41) is 20.0. The number of nitrogens with zero attached hydrogens (tertiary/aromatic N) is 4. The van der Waals surface area contributed by atoms with E-state index in [0.717, 1.165) is 0 Å². The summed E-state index contributed by atoms with van der Waals surface area (Å²) in [5.74, 6) is 0.124. The minimum absolute atomic E-state index is 0.0590. The molecule has 0 spiro atoms. The zero-order chi connectivity index (χ0) is 25.3. The fourth-order valence-electron chi connectivity index (χ4n) is 3.84. The van der Waals surface area contributed by atoms with Gasteiger partial charge >= 0.3 is 206 Å². The first-order chi connectivity index (χ1) is 16.6. The van der Waals surface area contributed by atoms with Crippen molar-refractivity contribution in [2.75, 3.05) is 24.7 Å². The summed E-state index contributed by atoms with van der Waals surface area (Å²) in [5.41, 5.74) is 9.75. The van der Waals surface area contributed by atoms with E-state index >= 15 is 0 Å². The molecule has 0 amide bonds. The van der Waals surface area contributed by atoms with Gasteiger partial charge in [0.15, 0.2) is 0 Å². The number of nitrogen functional groups attached to an aromatic ring is 2. The molecule has 2 aromatic heterocycles. The second kappa shape index (κ2) is 10.6. The zero-order valence-electron chi connectivity index (χ0n) is 18.2. The van der Waals surface area contributed by atoms with Crippen LogP contribution in [0.5, 0.6) is 0 Å². The maximum atomic E-state index is 12.1. The molecule has 2 aliphatic rings. The maximum absolute atomic E-state index is 12.1. The van der Waals surface area contributed by atoms with Crippen molar-refractivity contribution in [3.63, 3.8) is 0 Å². The van der Waals surface area contributed by atoms with Crippen molar-refractivity contribution in [3.05, 3.63) is 45.5 Å². The molecule has 2 fully saturated rings. The van der Waals surface area contributed by atoms with Crippen LogP contribution in [0.15, 0.2) is 34.1 Å². The summed E-state index contributed by atoms with van der Waals surface area (Å²) in [6.45, 7) is -0.691. The SMILES string of the molecule is Nc1ccn([C@H]2C[C@H](OP(O)(=[Se])OC[C@H]3O[C@@H](n4ccc(N)nc4=O)C[C@@H]3O)[C@@H](CO)O2)c(=O)n1. The van der Waals surface area contributed by atoms with Gasteiger partial charge in [0, 0.05) is 0 Å². The third-order valence-corrected chi connectivity index (χ3v) is 7.78. The van der Waals surface area contributed by atoms with E-state index in [9.17, 15) is 24.7 Å². The molecule has 0 radical (unpaired) electrons. The monoisotopic (exact) mass is 580 g/mol. The molecule has 0 bridgehead atoms. The third-order valence-electron chi connectivity index (χ3n) is 5.56. The summed E-state index contributed by atoms with van der Waals surface area (Å²) < 4.78 is 25.0. The average Bonchev–Trinajstić information content (AvgIpc) is 3.34. The van der Waals surface area contributed by atoms with Gasteiger partial charge in [-0.05, 0) is 0 Å². The fourth-order valence-corrected chi connectivity index (χ4v) is 5.88. The molecule has 4 rings (SSSR count). The standard InChI is InChI=1S/C18H25N6O9PSe/c19-13-1-3-23(17(27)21-13)15-5-9(26)12(32-15)8-30-34(29,35)33-10-6-16(31-11(10)7-25)24-4-2-14(20)22-18(24)28/h1-4,9-12,15-16,25-26H,5-8H2,(H,29,35)(H2,19,21,27)(H2,20,22,28)/t9-,10-,11+,12+,15+,16+,34?/m0/s1. The first kappa shape index (κ1) is 26.1. The van der Waals surface area contributed by atoms with Gasteiger partial charge in [-0.15, -0.1) is 0 Å². The summed E-state index contributed by atoms with van der Waals surface area (Å²) in [4.78, 5) is 42.1. The van der Waals surface area contributed by atoms with E-state index in [0.29, 0.717) is 0 Å². The molecule has 35 heavy (non-hydrogen) atoms. The zero-order valence-corrected chi connectivity index (χ0v) is 20.8. The predicted molar refractivity (Wildman–Crippen MR) is 122 cm³/mol. The second-order valence-corrected chi connectivity index (χ2v) is 12.3. The van der Waals surface area contributed by atoms with Crippen LogP contribution in [-0.4, -0.2) is 86.9 Å². The molecular formula is C18H25N6O9PSe. The van der Waals surface area contributed by atoms with Crippen LogP contribution < -0.4 is 22.8 Å². The Morgan fingerprint density at radius 1 is 1.06 bits per heavy atom. The number of nitrogens with two attached hydrogens (primary N) is 2. The van der Waals surface area contributed by atoms with Crippen LogP contribution in [0.25, 0.3) is 0 Å². The van der Waals surface area contributed by atoms with Crippen LogP contribution in [0.1, 0.15) is 25.3 Å². The van der Waals surface area contributed by atoms with E-state index in [1.54, 1.807) is 0 Å². The topological polar surface area (TPSA) is 219 Å². The van der Waals surface area contributed by atoms with Crippen molar-refractivity contribution < 1.29 is 33.6 Å². The third kappa shape index (κ3) is 6.06. The molecule has 2 aliphatic heterocycles. The van der Waals surface area contributed by atoms with E-state index in [1.807, 2.05) is 0 Å². The summed E-state index contributed by atoms with van der Waals surface area (Å²) >= 11 is 2.47. The van der Waals surface area contributed by atoms with Crippen molar-refractivity contribution in [1.29, 1.82) is 0 Å². The predicted octanol–water partition coefficient (Wildman–Crippen LogP) is -2.17. The number of hydrogen-bond donors (Lipinski definition) is 5. The average molecular weight is 579 g/mol. The van der Waals surface area contributed by atoms with Gasteiger partial charge in [0.2, 0.25) is 0 Å². The van der Waals surface area contributed by atoms with E-state index in [-0.39, 0.29) is 31.1 Å². The molecule has 0 saturated carbocycles. The summed E-state index contributed by atoms with van der Waals surface area (Å²) in [7, 11) is 0. The van der Waals surface area contributed by atoms with E-state index in [1.165, 1.54) is 33.7 Å². The van der Waals surface area contributed by atoms with Gasteiger partial charge in [-0.25, -0.2) is 0 Å².